The number of hydrogen-bond donors (Lipinski definition) is 2. The maximum Gasteiger partial charge on any atom is 0.149 e. The number of aromatic nitrogens is 1. The van der Waals surface area contributed by atoms with Gasteiger partial charge in [-0.3, -0.25) is 3.97 Å². The molecule has 0 amide bonds. The van der Waals surface area contributed by atoms with Gasteiger partial charge in [0, 0.05) is 23.6 Å². The molecule has 0 bridgehead atoms. The molecule has 2 N–H and O–H groups in total. The lowest BCUT2D eigenvalue weighted by atomic mass is 10.1. The van der Waals surface area contributed by atoms with Crippen LogP contribution >= 0.6 is 0 Å². The summed E-state index contributed by atoms with van der Waals surface area (Å²) in [5.41, 5.74) is 1.79. The molecule has 0 fully saturated rings. The van der Waals surface area contributed by atoms with Crippen molar-refractivity contribution >= 4 is 21.9 Å². The van der Waals surface area contributed by atoms with Gasteiger partial charge in [0.25, 0.3) is 0 Å². The van der Waals surface area contributed by atoms with E-state index in [2.05, 4.69) is 0 Å². The molecule has 1 aromatic carbocycles. The number of aliphatic hydroxyl groups excluding tert-OH is 1. The summed E-state index contributed by atoms with van der Waals surface area (Å²) in [6.07, 6.45) is 9.74. The number of benzene rings is 1. The fraction of sp³-hybridized carbons (Fsp3) is 0.294. The van der Waals surface area contributed by atoms with Gasteiger partial charge in [-0.25, -0.2) is 4.21 Å². The first kappa shape index (κ1) is 16.5. The summed E-state index contributed by atoms with van der Waals surface area (Å²) in [6.45, 7) is 2.15. The molecule has 1 heterocycles. The second-order valence-electron chi connectivity index (χ2n) is 4.95. The number of rotatable bonds is 7. The summed E-state index contributed by atoms with van der Waals surface area (Å²) < 4.78 is 14.1. The first-order valence-electron chi connectivity index (χ1n) is 7.35. The molecule has 2 rings (SSSR count). The van der Waals surface area contributed by atoms with Crippen molar-refractivity contribution in [2.45, 2.75) is 26.2 Å². The van der Waals surface area contributed by atoms with Crippen LogP contribution in [-0.2, 0) is 17.4 Å². The van der Waals surface area contributed by atoms with Gasteiger partial charge in [-0.2, -0.15) is 0 Å². The highest BCUT2D eigenvalue weighted by Gasteiger charge is 2.11. The Labute approximate surface area is 133 Å². The highest BCUT2D eigenvalue weighted by molar-refractivity contribution is 7.86. The topological polar surface area (TPSA) is 62.5 Å². The van der Waals surface area contributed by atoms with Crippen LogP contribution in [0.25, 0.3) is 10.9 Å². The van der Waals surface area contributed by atoms with Crippen molar-refractivity contribution in [2.75, 3.05) is 6.61 Å². The second-order valence-corrected chi connectivity index (χ2v) is 6.17. The molecule has 0 aliphatic rings. The summed E-state index contributed by atoms with van der Waals surface area (Å²) in [6, 6.07) is 5.03. The van der Waals surface area contributed by atoms with Gasteiger partial charge in [0.05, 0.1) is 5.52 Å². The minimum absolute atomic E-state index is 0.107. The van der Waals surface area contributed by atoms with Crippen LogP contribution in [0.4, 0.5) is 0 Å². The molecule has 0 saturated carbocycles. The summed E-state index contributed by atoms with van der Waals surface area (Å²) in [7, 11) is -1.31. The molecule has 0 aliphatic heterocycles. The number of aromatic hydroxyl groups is 1. The Morgan fingerprint density at radius 2 is 2.14 bits per heavy atom. The Bertz CT molecular complexity index is 716. The van der Waals surface area contributed by atoms with Crippen LogP contribution in [0.15, 0.2) is 48.0 Å². The van der Waals surface area contributed by atoms with E-state index in [0.29, 0.717) is 12.8 Å². The Hall–Kier alpha value is -1.85. The molecular weight excluding hydrogens is 298 g/mol. The maximum absolute atomic E-state index is 12.4. The molecule has 1 atom stereocenters. The highest BCUT2D eigenvalue weighted by atomic mass is 32.2. The quantitative estimate of drug-likeness (QED) is 0.770. The van der Waals surface area contributed by atoms with Crippen LogP contribution in [-0.4, -0.2) is 25.0 Å². The van der Waals surface area contributed by atoms with Gasteiger partial charge < -0.3 is 10.2 Å². The zero-order chi connectivity index (χ0) is 15.9. The predicted molar refractivity (Wildman–Crippen MR) is 91.1 cm³/mol. The summed E-state index contributed by atoms with van der Waals surface area (Å²) in [5.74, 6) is 0.183. The Morgan fingerprint density at radius 1 is 1.32 bits per heavy atom. The molecule has 1 unspecified atom stereocenters. The molecule has 0 spiro atoms. The van der Waals surface area contributed by atoms with Crippen molar-refractivity contribution in [3.05, 3.63) is 53.6 Å². The first-order chi connectivity index (χ1) is 10.7. The van der Waals surface area contributed by atoms with Gasteiger partial charge in [-0.15, -0.1) is 0 Å². The summed E-state index contributed by atoms with van der Waals surface area (Å²) in [5, 5.41) is 21.2. The molecule has 0 aliphatic carbocycles. The Kier molecular flexibility index (Phi) is 5.98. The van der Waals surface area contributed by atoms with Crippen molar-refractivity contribution in [3.8, 4) is 5.75 Å². The van der Waals surface area contributed by atoms with E-state index in [-0.39, 0.29) is 12.4 Å². The van der Waals surface area contributed by atoms with E-state index in [1.54, 1.807) is 33.7 Å². The molecule has 22 heavy (non-hydrogen) atoms. The van der Waals surface area contributed by atoms with Gasteiger partial charge in [0.15, 0.2) is 0 Å². The van der Waals surface area contributed by atoms with E-state index < -0.39 is 11.0 Å². The summed E-state index contributed by atoms with van der Waals surface area (Å²) in [4.78, 5) is 0. The van der Waals surface area contributed by atoms with Crippen LogP contribution in [0, 0.1) is 0 Å². The van der Waals surface area contributed by atoms with E-state index in [1.165, 1.54) is 0 Å². The minimum atomic E-state index is -1.31. The van der Waals surface area contributed by atoms with Gasteiger partial charge in [-0.1, -0.05) is 25.2 Å². The molecule has 0 radical (unpaired) electrons. The number of aliphatic hydroxyl groups is 1. The largest absolute Gasteiger partial charge is 0.508 e. The predicted octanol–water partition coefficient (Wildman–Crippen LogP) is 3.26. The minimum Gasteiger partial charge on any atom is -0.508 e. The molecule has 2 aromatic rings. The Balaban J connectivity index is 2.38. The SMILES string of the molecule is CC/C=C\C=C/S(=O)n1cc(CCCO)c2cc(O)ccc21. The smallest absolute Gasteiger partial charge is 0.149 e. The van der Waals surface area contributed by atoms with Crippen LogP contribution in [0.3, 0.4) is 0 Å². The van der Waals surface area contributed by atoms with Crippen LogP contribution in [0.2, 0.25) is 0 Å². The lowest BCUT2D eigenvalue weighted by molar-refractivity contribution is 0.289. The van der Waals surface area contributed by atoms with Gasteiger partial charge >= 0.3 is 0 Å². The monoisotopic (exact) mass is 319 g/mol. The van der Waals surface area contributed by atoms with E-state index >= 15 is 0 Å². The van der Waals surface area contributed by atoms with E-state index in [4.69, 9.17) is 5.11 Å². The van der Waals surface area contributed by atoms with Crippen LogP contribution < -0.4 is 0 Å². The third-order valence-corrected chi connectivity index (χ3v) is 4.39. The maximum atomic E-state index is 12.4. The average molecular weight is 319 g/mol. The molecule has 5 heteroatoms. The normalized spacial score (nSPS) is 13.5. The van der Waals surface area contributed by atoms with Gasteiger partial charge in [-0.05, 0) is 43.0 Å². The fourth-order valence-electron chi connectivity index (χ4n) is 2.26. The standard InChI is InChI=1S/C17H21NO3S/c1-2-3-4-5-11-22(21)18-13-14(7-6-10-19)16-12-15(20)8-9-17(16)18/h3-5,8-9,11-13,19-20H,2,6-7,10H2,1H3/b4-3-,11-5-. The number of fused-ring (bicyclic) bond motifs is 1. The third-order valence-electron chi connectivity index (χ3n) is 3.31. The highest BCUT2D eigenvalue weighted by Crippen LogP contribution is 2.27. The van der Waals surface area contributed by atoms with Gasteiger partial charge in [0.1, 0.15) is 16.7 Å². The van der Waals surface area contributed by atoms with Crippen molar-refractivity contribution in [1.29, 1.82) is 0 Å². The summed E-state index contributed by atoms with van der Waals surface area (Å²) >= 11 is 0. The number of aryl methyl sites for hydroxylation is 1. The van der Waals surface area contributed by atoms with Crippen molar-refractivity contribution in [3.63, 3.8) is 0 Å². The third kappa shape index (κ3) is 3.87. The van der Waals surface area contributed by atoms with E-state index in [9.17, 15) is 9.32 Å². The molecule has 0 saturated heterocycles. The van der Waals surface area contributed by atoms with Crippen molar-refractivity contribution in [2.24, 2.45) is 0 Å². The lowest BCUT2D eigenvalue weighted by Crippen LogP contribution is -1.98. The first-order valence-corrected chi connectivity index (χ1v) is 8.52. The van der Waals surface area contributed by atoms with Crippen molar-refractivity contribution < 1.29 is 14.4 Å². The molecule has 118 valence electrons. The molecular formula is C17H21NO3S. The number of phenolic OH excluding ortho intramolecular Hbond substituents is 1. The number of phenols is 1. The van der Waals surface area contributed by atoms with Crippen LogP contribution in [0.5, 0.6) is 5.75 Å². The second kappa shape index (κ2) is 7.96. The fourth-order valence-corrected chi connectivity index (χ4v) is 3.20. The zero-order valence-corrected chi connectivity index (χ0v) is 13.4. The number of nitrogens with zero attached hydrogens (tertiary/aromatic N) is 1. The molecule has 1 aromatic heterocycles. The zero-order valence-electron chi connectivity index (χ0n) is 12.6. The number of allylic oxidation sites excluding steroid dienone is 3. The van der Waals surface area contributed by atoms with E-state index in [1.807, 2.05) is 25.3 Å². The van der Waals surface area contributed by atoms with E-state index in [0.717, 1.165) is 22.9 Å². The Morgan fingerprint density at radius 3 is 2.86 bits per heavy atom. The van der Waals surface area contributed by atoms with Crippen molar-refractivity contribution in [1.82, 2.24) is 3.97 Å². The number of hydrogen-bond acceptors (Lipinski definition) is 3. The van der Waals surface area contributed by atoms with Crippen LogP contribution in [0.1, 0.15) is 25.3 Å². The van der Waals surface area contributed by atoms with Gasteiger partial charge in [0.2, 0.25) is 0 Å². The lowest BCUT2D eigenvalue weighted by Gasteiger charge is -2.00. The average Bonchev–Trinajstić information content (AvgIpc) is 2.87. The molecule has 4 nitrogen and oxygen atoms in total.